The highest BCUT2D eigenvalue weighted by molar-refractivity contribution is 6.36. The van der Waals surface area contributed by atoms with Crippen LogP contribution in [-0.2, 0) is 0 Å². The first-order valence-electron chi connectivity index (χ1n) is 4.13. The molecule has 0 amide bonds. The third-order valence-electron chi connectivity index (χ3n) is 2.08. The Morgan fingerprint density at radius 3 is 2.86 bits per heavy atom. The number of nitrogens with zero attached hydrogens (tertiary/aromatic N) is 1. The maximum absolute atomic E-state index is 13.2. The maximum Gasteiger partial charge on any atom is 0.142 e. The van der Waals surface area contributed by atoms with Crippen LogP contribution in [0.3, 0.4) is 0 Å². The summed E-state index contributed by atoms with van der Waals surface area (Å²) in [5.41, 5.74) is 0.729. The molecule has 0 saturated heterocycles. The van der Waals surface area contributed by atoms with Crippen molar-refractivity contribution in [3.63, 3.8) is 0 Å². The average Bonchev–Trinajstić information content (AvgIpc) is 2.23. The molecule has 0 fully saturated rings. The van der Waals surface area contributed by atoms with Gasteiger partial charge in [0.1, 0.15) is 5.82 Å². The molecule has 0 radical (unpaired) electrons. The number of pyridine rings is 1. The van der Waals surface area contributed by atoms with E-state index in [1.165, 1.54) is 6.07 Å². The van der Waals surface area contributed by atoms with Crippen molar-refractivity contribution in [2.75, 3.05) is 12.4 Å². The fraction of sp³-hybridized carbons (Fsp3) is 0.100. The van der Waals surface area contributed by atoms with Crippen LogP contribution in [0.4, 0.5) is 10.1 Å². The Labute approximate surface area is 85.7 Å². The molecule has 1 aromatic carbocycles. The first-order chi connectivity index (χ1) is 6.74. The average molecular weight is 211 g/mol. The van der Waals surface area contributed by atoms with Crippen LogP contribution in [0, 0.1) is 5.82 Å². The van der Waals surface area contributed by atoms with Crippen LogP contribution in [0.1, 0.15) is 0 Å². The quantitative estimate of drug-likeness (QED) is 0.783. The van der Waals surface area contributed by atoms with E-state index in [1.807, 2.05) is 0 Å². The number of halogens is 2. The van der Waals surface area contributed by atoms with Gasteiger partial charge < -0.3 is 5.32 Å². The predicted octanol–water partition coefficient (Wildman–Crippen LogP) is 3.07. The Hall–Kier alpha value is -1.35. The molecular formula is C10H8ClFN2. The minimum atomic E-state index is -0.415. The molecule has 0 aliphatic heterocycles. The summed E-state index contributed by atoms with van der Waals surface area (Å²) in [5.74, 6) is -0.415. The molecule has 0 unspecified atom stereocenters. The summed E-state index contributed by atoms with van der Waals surface area (Å²) < 4.78 is 13.2. The first-order valence-corrected chi connectivity index (χ1v) is 4.51. The van der Waals surface area contributed by atoms with Crippen molar-refractivity contribution in [2.45, 2.75) is 0 Å². The summed E-state index contributed by atoms with van der Waals surface area (Å²) in [4.78, 5) is 4.01. The van der Waals surface area contributed by atoms with Gasteiger partial charge in [-0.3, -0.25) is 4.98 Å². The highest BCUT2D eigenvalue weighted by Crippen LogP contribution is 2.31. The molecule has 0 aliphatic carbocycles. The standard InChI is InChI=1S/C10H8ClFN2/c1-13-8-5-14-4-6-2-3-7(12)10(11)9(6)8/h2-5,13H,1H3. The Bertz CT molecular complexity index is 485. The van der Waals surface area contributed by atoms with E-state index in [2.05, 4.69) is 10.3 Å². The van der Waals surface area contributed by atoms with Gasteiger partial charge in [-0.25, -0.2) is 4.39 Å². The Balaban J connectivity index is 2.89. The Morgan fingerprint density at radius 1 is 1.36 bits per heavy atom. The number of nitrogens with one attached hydrogen (secondary N) is 1. The number of anilines is 1. The number of benzene rings is 1. The third-order valence-corrected chi connectivity index (χ3v) is 2.45. The van der Waals surface area contributed by atoms with E-state index in [1.54, 1.807) is 25.5 Å². The van der Waals surface area contributed by atoms with Gasteiger partial charge in [-0.05, 0) is 12.1 Å². The van der Waals surface area contributed by atoms with Gasteiger partial charge in [-0.2, -0.15) is 0 Å². The molecule has 4 heteroatoms. The summed E-state index contributed by atoms with van der Waals surface area (Å²) in [5, 5.41) is 4.55. The zero-order valence-electron chi connectivity index (χ0n) is 7.51. The van der Waals surface area contributed by atoms with Crippen LogP contribution in [0.25, 0.3) is 10.8 Å². The lowest BCUT2D eigenvalue weighted by molar-refractivity contribution is 0.630. The van der Waals surface area contributed by atoms with Crippen molar-refractivity contribution in [1.29, 1.82) is 0 Å². The van der Waals surface area contributed by atoms with E-state index < -0.39 is 5.82 Å². The number of fused-ring (bicyclic) bond motifs is 1. The normalized spacial score (nSPS) is 10.5. The van der Waals surface area contributed by atoms with Crippen LogP contribution in [-0.4, -0.2) is 12.0 Å². The minimum Gasteiger partial charge on any atom is -0.386 e. The third kappa shape index (κ3) is 1.30. The van der Waals surface area contributed by atoms with Crippen molar-refractivity contribution in [2.24, 2.45) is 0 Å². The summed E-state index contributed by atoms with van der Waals surface area (Å²) in [7, 11) is 1.75. The van der Waals surface area contributed by atoms with Gasteiger partial charge in [0, 0.05) is 24.0 Å². The molecule has 2 aromatic rings. The molecule has 1 aromatic heterocycles. The van der Waals surface area contributed by atoms with Gasteiger partial charge in [0.15, 0.2) is 0 Å². The van der Waals surface area contributed by atoms with E-state index in [4.69, 9.17) is 11.6 Å². The summed E-state index contributed by atoms with van der Waals surface area (Å²) in [6.45, 7) is 0. The van der Waals surface area contributed by atoms with E-state index in [0.29, 0.717) is 5.39 Å². The first kappa shape index (κ1) is 9.21. The lowest BCUT2D eigenvalue weighted by Crippen LogP contribution is -1.92. The van der Waals surface area contributed by atoms with Crippen molar-refractivity contribution < 1.29 is 4.39 Å². The van der Waals surface area contributed by atoms with Crippen LogP contribution in [0.5, 0.6) is 0 Å². The van der Waals surface area contributed by atoms with E-state index in [9.17, 15) is 4.39 Å². The molecule has 0 aliphatic rings. The molecular weight excluding hydrogens is 203 g/mol. The Morgan fingerprint density at radius 2 is 2.14 bits per heavy atom. The maximum atomic E-state index is 13.2. The van der Waals surface area contributed by atoms with Crippen LogP contribution in [0.15, 0.2) is 24.5 Å². The number of rotatable bonds is 1. The highest BCUT2D eigenvalue weighted by Gasteiger charge is 2.08. The summed E-state index contributed by atoms with van der Waals surface area (Å²) in [6.07, 6.45) is 3.27. The van der Waals surface area contributed by atoms with Crippen molar-refractivity contribution in [3.8, 4) is 0 Å². The van der Waals surface area contributed by atoms with Gasteiger partial charge in [-0.1, -0.05) is 11.6 Å². The predicted molar refractivity (Wildman–Crippen MR) is 56.3 cm³/mol. The lowest BCUT2D eigenvalue weighted by Gasteiger charge is -2.06. The van der Waals surface area contributed by atoms with Crippen molar-refractivity contribution in [1.82, 2.24) is 4.98 Å². The molecule has 2 nitrogen and oxygen atoms in total. The van der Waals surface area contributed by atoms with Crippen molar-refractivity contribution in [3.05, 3.63) is 35.4 Å². The van der Waals surface area contributed by atoms with Gasteiger partial charge >= 0.3 is 0 Å². The van der Waals surface area contributed by atoms with E-state index in [0.717, 1.165) is 11.1 Å². The molecule has 2 rings (SSSR count). The highest BCUT2D eigenvalue weighted by atomic mass is 35.5. The molecule has 72 valence electrons. The fourth-order valence-corrected chi connectivity index (χ4v) is 1.67. The van der Waals surface area contributed by atoms with Crippen LogP contribution < -0.4 is 5.32 Å². The smallest absolute Gasteiger partial charge is 0.142 e. The molecule has 14 heavy (non-hydrogen) atoms. The van der Waals surface area contributed by atoms with Gasteiger partial charge in [0.25, 0.3) is 0 Å². The lowest BCUT2D eigenvalue weighted by atomic mass is 10.1. The minimum absolute atomic E-state index is 0.134. The molecule has 1 heterocycles. The number of hydrogen-bond donors (Lipinski definition) is 1. The SMILES string of the molecule is CNc1cncc2ccc(F)c(Cl)c12. The second kappa shape index (κ2) is 3.42. The Kier molecular flexibility index (Phi) is 2.25. The van der Waals surface area contributed by atoms with E-state index in [-0.39, 0.29) is 5.02 Å². The second-order valence-electron chi connectivity index (χ2n) is 2.90. The van der Waals surface area contributed by atoms with Gasteiger partial charge in [-0.15, -0.1) is 0 Å². The number of hydrogen-bond acceptors (Lipinski definition) is 2. The van der Waals surface area contributed by atoms with Gasteiger partial charge in [0.2, 0.25) is 0 Å². The van der Waals surface area contributed by atoms with Crippen LogP contribution >= 0.6 is 11.6 Å². The van der Waals surface area contributed by atoms with E-state index >= 15 is 0 Å². The molecule has 0 bridgehead atoms. The largest absolute Gasteiger partial charge is 0.386 e. The summed E-state index contributed by atoms with van der Waals surface area (Å²) >= 11 is 5.87. The molecule has 1 N–H and O–H groups in total. The van der Waals surface area contributed by atoms with Crippen LogP contribution in [0.2, 0.25) is 5.02 Å². The van der Waals surface area contributed by atoms with Crippen molar-refractivity contribution >= 4 is 28.1 Å². The zero-order valence-corrected chi connectivity index (χ0v) is 8.27. The summed E-state index contributed by atoms with van der Waals surface area (Å²) in [6, 6.07) is 3.00. The monoisotopic (exact) mass is 210 g/mol. The zero-order chi connectivity index (χ0) is 10.1. The fourth-order valence-electron chi connectivity index (χ4n) is 1.39. The molecule has 0 atom stereocenters. The second-order valence-corrected chi connectivity index (χ2v) is 3.27. The molecule has 0 saturated carbocycles. The number of aromatic nitrogens is 1. The topological polar surface area (TPSA) is 24.9 Å². The van der Waals surface area contributed by atoms with Gasteiger partial charge in [0.05, 0.1) is 16.9 Å². The molecule has 0 spiro atoms.